The molecule has 0 bridgehead atoms. The molecular weight excluding hydrogens is 298 g/mol. The van der Waals surface area contributed by atoms with Gasteiger partial charge in [-0.15, -0.1) is 10.2 Å². The van der Waals surface area contributed by atoms with Crippen molar-refractivity contribution in [1.29, 1.82) is 0 Å². The Labute approximate surface area is 133 Å². The van der Waals surface area contributed by atoms with Crippen LogP contribution in [0.3, 0.4) is 0 Å². The van der Waals surface area contributed by atoms with E-state index in [0.717, 1.165) is 31.5 Å². The van der Waals surface area contributed by atoms with Crippen molar-refractivity contribution in [2.45, 2.75) is 32.3 Å². The number of hydrogen-bond donors (Lipinski definition) is 0. The summed E-state index contributed by atoms with van der Waals surface area (Å²) >= 11 is 1.40. The number of likely N-dealkylation sites (tertiary alicyclic amines) is 1. The van der Waals surface area contributed by atoms with Crippen molar-refractivity contribution in [3.8, 4) is 5.19 Å². The number of nitrogens with zero attached hydrogens (tertiary/aromatic N) is 3. The number of hydrogen-bond acceptors (Lipinski definition) is 5. The monoisotopic (exact) mass is 317 g/mol. The van der Waals surface area contributed by atoms with Crippen LogP contribution in [0.5, 0.6) is 5.19 Å². The van der Waals surface area contributed by atoms with Crippen LogP contribution in [0.4, 0.5) is 0 Å². The maximum atomic E-state index is 12.4. The highest BCUT2D eigenvalue weighted by Crippen LogP contribution is 2.20. The first-order valence-electron chi connectivity index (χ1n) is 7.47. The number of carbonyl (C=O) groups is 1. The smallest absolute Gasteiger partial charge is 0.294 e. The van der Waals surface area contributed by atoms with Gasteiger partial charge in [-0.05, 0) is 12.5 Å². The Hall–Kier alpha value is -1.95. The van der Waals surface area contributed by atoms with Crippen LogP contribution < -0.4 is 4.74 Å². The van der Waals surface area contributed by atoms with Gasteiger partial charge in [0.15, 0.2) is 0 Å². The molecule has 6 heteroatoms. The Morgan fingerprint density at radius 1 is 1.41 bits per heavy atom. The van der Waals surface area contributed by atoms with Crippen LogP contribution in [0.2, 0.25) is 0 Å². The second-order valence-electron chi connectivity index (χ2n) is 5.57. The van der Waals surface area contributed by atoms with E-state index in [4.69, 9.17) is 4.74 Å². The summed E-state index contributed by atoms with van der Waals surface area (Å²) in [6.45, 7) is 3.53. The summed E-state index contributed by atoms with van der Waals surface area (Å²) in [4.78, 5) is 14.3. The molecule has 1 saturated heterocycles. The lowest BCUT2D eigenvalue weighted by Gasteiger charge is -2.31. The van der Waals surface area contributed by atoms with E-state index in [1.807, 2.05) is 30.0 Å². The summed E-state index contributed by atoms with van der Waals surface area (Å²) < 4.78 is 5.76. The summed E-state index contributed by atoms with van der Waals surface area (Å²) in [6, 6.07) is 8.13. The topological polar surface area (TPSA) is 55.3 Å². The van der Waals surface area contributed by atoms with Crippen molar-refractivity contribution in [2.75, 3.05) is 13.1 Å². The summed E-state index contributed by atoms with van der Waals surface area (Å²) in [7, 11) is 0. The van der Waals surface area contributed by atoms with E-state index in [0.29, 0.717) is 11.6 Å². The van der Waals surface area contributed by atoms with Crippen LogP contribution in [0.25, 0.3) is 0 Å². The minimum atomic E-state index is 0.135. The molecule has 2 heterocycles. The van der Waals surface area contributed by atoms with Crippen LogP contribution in [-0.4, -0.2) is 40.2 Å². The molecule has 1 fully saturated rings. The van der Waals surface area contributed by atoms with E-state index < -0.39 is 0 Å². The number of aryl methyl sites for hydroxylation is 1. The zero-order valence-electron chi connectivity index (χ0n) is 12.6. The van der Waals surface area contributed by atoms with Gasteiger partial charge in [0.2, 0.25) is 5.91 Å². The van der Waals surface area contributed by atoms with Crippen molar-refractivity contribution >= 4 is 17.2 Å². The van der Waals surface area contributed by atoms with Crippen molar-refractivity contribution in [3.05, 3.63) is 40.9 Å². The molecule has 0 aliphatic carbocycles. The summed E-state index contributed by atoms with van der Waals surface area (Å²) in [5.74, 6) is 0.194. The van der Waals surface area contributed by atoms with Crippen LogP contribution in [0.1, 0.15) is 24.0 Å². The maximum absolute atomic E-state index is 12.4. The standard InChI is InChI=1S/C16H19N3O2S/c1-12-3-2-4-13(9-12)10-15(20)19-7-5-14(6-8-19)21-16-18-17-11-22-16/h2-4,9,11,14H,5-8,10H2,1H3. The van der Waals surface area contributed by atoms with Gasteiger partial charge in [0.05, 0.1) is 6.42 Å². The zero-order valence-corrected chi connectivity index (χ0v) is 13.4. The number of carbonyl (C=O) groups excluding carboxylic acids is 1. The number of benzene rings is 1. The Balaban J connectivity index is 1.49. The largest absolute Gasteiger partial charge is 0.465 e. The van der Waals surface area contributed by atoms with Crippen molar-refractivity contribution in [3.63, 3.8) is 0 Å². The van der Waals surface area contributed by atoms with E-state index in [1.165, 1.54) is 16.9 Å². The Bertz CT molecular complexity index is 622. The van der Waals surface area contributed by atoms with Crippen molar-refractivity contribution in [2.24, 2.45) is 0 Å². The third kappa shape index (κ3) is 3.82. The minimum absolute atomic E-state index is 0.135. The Morgan fingerprint density at radius 2 is 2.23 bits per heavy atom. The van der Waals surface area contributed by atoms with Crippen LogP contribution in [0.15, 0.2) is 29.8 Å². The molecule has 1 aromatic carbocycles. The second kappa shape index (κ2) is 6.87. The summed E-state index contributed by atoms with van der Waals surface area (Å²) in [5.41, 5.74) is 3.93. The number of piperidine rings is 1. The fourth-order valence-corrected chi connectivity index (χ4v) is 3.16. The van der Waals surface area contributed by atoms with E-state index in [1.54, 1.807) is 5.51 Å². The van der Waals surface area contributed by atoms with Crippen LogP contribution >= 0.6 is 11.3 Å². The predicted molar refractivity (Wildman–Crippen MR) is 85.0 cm³/mol. The van der Waals surface area contributed by atoms with Gasteiger partial charge in [-0.3, -0.25) is 4.79 Å². The molecule has 3 rings (SSSR count). The molecule has 0 spiro atoms. The highest BCUT2D eigenvalue weighted by Gasteiger charge is 2.24. The van der Waals surface area contributed by atoms with Gasteiger partial charge < -0.3 is 9.64 Å². The summed E-state index contributed by atoms with van der Waals surface area (Å²) in [5, 5.41) is 8.27. The van der Waals surface area contributed by atoms with Crippen LogP contribution in [-0.2, 0) is 11.2 Å². The third-order valence-corrected chi connectivity index (χ3v) is 4.42. The fourth-order valence-electron chi connectivity index (χ4n) is 2.69. The average Bonchev–Trinajstić information content (AvgIpc) is 3.01. The highest BCUT2D eigenvalue weighted by molar-refractivity contribution is 7.11. The third-order valence-electron chi connectivity index (χ3n) is 3.84. The van der Waals surface area contributed by atoms with E-state index >= 15 is 0 Å². The molecule has 22 heavy (non-hydrogen) atoms. The molecule has 0 N–H and O–H groups in total. The van der Waals surface area contributed by atoms with Gasteiger partial charge in [0, 0.05) is 25.9 Å². The van der Waals surface area contributed by atoms with E-state index in [-0.39, 0.29) is 12.0 Å². The van der Waals surface area contributed by atoms with Gasteiger partial charge in [-0.25, -0.2) is 0 Å². The number of ether oxygens (including phenoxy) is 1. The number of amides is 1. The first-order chi connectivity index (χ1) is 10.7. The van der Waals surface area contributed by atoms with Crippen molar-refractivity contribution in [1.82, 2.24) is 15.1 Å². The average molecular weight is 317 g/mol. The molecular formula is C16H19N3O2S. The van der Waals surface area contributed by atoms with Gasteiger partial charge >= 0.3 is 0 Å². The quantitative estimate of drug-likeness (QED) is 0.869. The lowest BCUT2D eigenvalue weighted by Crippen LogP contribution is -2.42. The first-order valence-corrected chi connectivity index (χ1v) is 8.35. The number of aromatic nitrogens is 2. The molecule has 0 saturated carbocycles. The zero-order chi connectivity index (χ0) is 15.4. The van der Waals surface area contributed by atoms with E-state index in [9.17, 15) is 4.79 Å². The highest BCUT2D eigenvalue weighted by atomic mass is 32.1. The van der Waals surface area contributed by atoms with Gasteiger partial charge in [-0.1, -0.05) is 41.2 Å². The molecule has 1 aliphatic rings. The molecule has 2 aromatic rings. The summed E-state index contributed by atoms with van der Waals surface area (Å²) in [6.07, 6.45) is 2.30. The molecule has 1 amide bonds. The molecule has 1 aromatic heterocycles. The molecule has 116 valence electrons. The molecule has 0 unspecified atom stereocenters. The second-order valence-corrected chi connectivity index (χ2v) is 6.36. The normalized spacial score (nSPS) is 15.8. The van der Waals surface area contributed by atoms with Gasteiger partial charge in [-0.2, -0.15) is 0 Å². The first kappa shape index (κ1) is 15.0. The molecule has 0 atom stereocenters. The lowest BCUT2D eigenvalue weighted by atomic mass is 10.0. The SMILES string of the molecule is Cc1cccc(CC(=O)N2CCC(Oc3nncs3)CC2)c1. The fraction of sp³-hybridized carbons (Fsp3) is 0.438. The molecule has 1 aliphatic heterocycles. The predicted octanol–water partition coefficient (Wildman–Crippen LogP) is 2.46. The molecule has 0 radical (unpaired) electrons. The number of rotatable bonds is 4. The Morgan fingerprint density at radius 3 is 2.91 bits per heavy atom. The molecule has 5 nitrogen and oxygen atoms in total. The lowest BCUT2D eigenvalue weighted by molar-refractivity contribution is -0.132. The van der Waals surface area contributed by atoms with Gasteiger partial charge in [0.25, 0.3) is 5.19 Å². The minimum Gasteiger partial charge on any atom is -0.465 e. The van der Waals surface area contributed by atoms with Crippen LogP contribution in [0, 0.1) is 6.92 Å². The Kier molecular flexibility index (Phi) is 4.68. The van der Waals surface area contributed by atoms with E-state index in [2.05, 4.69) is 16.3 Å². The van der Waals surface area contributed by atoms with Crippen molar-refractivity contribution < 1.29 is 9.53 Å². The maximum Gasteiger partial charge on any atom is 0.294 e. The van der Waals surface area contributed by atoms with Gasteiger partial charge in [0.1, 0.15) is 11.6 Å².